The number of pyridine rings is 2. The number of fused-ring (bicyclic) bond motifs is 1. The van der Waals surface area contributed by atoms with Gasteiger partial charge in [-0.25, -0.2) is 14.8 Å². The summed E-state index contributed by atoms with van der Waals surface area (Å²) in [7, 11) is 0. The van der Waals surface area contributed by atoms with Crippen LogP contribution in [0, 0.1) is 6.92 Å². The molecule has 0 aliphatic carbocycles. The van der Waals surface area contributed by atoms with E-state index in [1.54, 1.807) is 11.1 Å². The van der Waals surface area contributed by atoms with E-state index in [1.807, 2.05) is 39.1 Å². The third-order valence-corrected chi connectivity index (χ3v) is 5.65. The summed E-state index contributed by atoms with van der Waals surface area (Å²) >= 11 is 0. The number of nitrogens with one attached hydrogen (secondary N) is 2. The van der Waals surface area contributed by atoms with Gasteiger partial charge in [0.25, 0.3) is 0 Å². The second kappa shape index (κ2) is 8.26. The van der Waals surface area contributed by atoms with Gasteiger partial charge in [-0.2, -0.15) is 0 Å². The van der Waals surface area contributed by atoms with Crippen LogP contribution in [0.5, 0.6) is 0 Å². The normalized spacial score (nSPS) is 18.9. The van der Waals surface area contributed by atoms with Crippen LogP contribution in [-0.4, -0.2) is 34.4 Å². The number of hydrogen-bond donors (Lipinski definition) is 2. The SMILES string of the molecule is CC1=C(C)N=C(NC(=O)N2c3nc(-c4cncc(C)c4)ccc3NCCC[C@H]2C)C1. The Morgan fingerprint density at radius 3 is 2.80 bits per heavy atom. The average molecular weight is 405 g/mol. The van der Waals surface area contributed by atoms with Gasteiger partial charge in [0.05, 0.1) is 11.4 Å². The van der Waals surface area contributed by atoms with Crippen molar-refractivity contribution in [2.75, 3.05) is 16.8 Å². The zero-order valence-electron chi connectivity index (χ0n) is 18.0. The van der Waals surface area contributed by atoms with Crippen LogP contribution in [0.1, 0.15) is 45.6 Å². The smallest absolute Gasteiger partial charge is 0.328 e. The summed E-state index contributed by atoms with van der Waals surface area (Å²) in [4.78, 5) is 28.8. The van der Waals surface area contributed by atoms with E-state index in [-0.39, 0.29) is 12.1 Å². The molecule has 0 aromatic carbocycles. The molecule has 2 N–H and O–H groups in total. The zero-order chi connectivity index (χ0) is 21.3. The molecule has 7 heteroatoms. The van der Waals surface area contributed by atoms with Gasteiger partial charge in [0.1, 0.15) is 5.84 Å². The molecule has 7 nitrogen and oxygen atoms in total. The number of allylic oxidation sites excluding steroid dienone is 1. The number of aryl methyl sites for hydroxylation is 1. The maximum Gasteiger partial charge on any atom is 0.328 e. The summed E-state index contributed by atoms with van der Waals surface area (Å²) in [5, 5.41) is 6.44. The third kappa shape index (κ3) is 4.06. The average Bonchev–Trinajstić information content (AvgIpc) is 3.01. The van der Waals surface area contributed by atoms with Gasteiger partial charge in [0, 0.05) is 42.7 Å². The first-order valence-electron chi connectivity index (χ1n) is 10.4. The van der Waals surface area contributed by atoms with Crippen molar-refractivity contribution < 1.29 is 4.79 Å². The largest absolute Gasteiger partial charge is 0.382 e. The van der Waals surface area contributed by atoms with E-state index in [4.69, 9.17) is 4.98 Å². The van der Waals surface area contributed by atoms with Crippen molar-refractivity contribution in [2.45, 2.75) is 53.0 Å². The Morgan fingerprint density at radius 2 is 2.07 bits per heavy atom. The lowest BCUT2D eigenvalue weighted by atomic mass is 10.1. The number of aliphatic imine (C=N–C) groups is 1. The van der Waals surface area contributed by atoms with Gasteiger partial charge in [-0.1, -0.05) is 0 Å². The number of rotatable bonds is 1. The number of carbonyl (C=O) groups is 1. The molecular weight excluding hydrogens is 376 g/mol. The molecule has 0 spiro atoms. The van der Waals surface area contributed by atoms with E-state index in [2.05, 4.69) is 33.6 Å². The second-order valence-electron chi connectivity index (χ2n) is 8.14. The van der Waals surface area contributed by atoms with E-state index in [9.17, 15) is 4.79 Å². The van der Waals surface area contributed by atoms with Crippen LogP contribution < -0.4 is 15.5 Å². The Bertz CT molecular complexity index is 1040. The fourth-order valence-corrected chi connectivity index (χ4v) is 3.85. The molecule has 30 heavy (non-hydrogen) atoms. The van der Waals surface area contributed by atoms with E-state index in [0.717, 1.165) is 47.6 Å². The van der Waals surface area contributed by atoms with Crippen LogP contribution in [0.2, 0.25) is 0 Å². The van der Waals surface area contributed by atoms with E-state index in [1.165, 1.54) is 5.57 Å². The summed E-state index contributed by atoms with van der Waals surface area (Å²) < 4.78 is 0. The van der Waals surface area contributed by atoms with Crippen molar-refractivity contribution in [1.29, 1.82) is 0 Å². The van der Waals surface area contributed by atoms with Gasteiger partial charge >= 0.3 is 6.03 Å². The summed E-state index contributed by atoms with van der Waals surface area (Å²) in [6.07, 6.45) is 6.17. The van der Waals surface area contributed by atoms with Crippen molar-refractivity contribution in [3.05, 3.63) is 47.4 Å². The molecule has 4 heterocycles. The van der Waals surface area contributed by atoms with Gasteiger partial charge in [-0.15, -0.1) is 0 Å². The summed E-state index contributed by atoms with van der Waals surface area (Å²) in [6, 6.07) is 5.85. The first kappa shape index (κ1) is 20.1. The minimum atomic E-state index is -0.194. The summed E-state index contributed by atoms with van der Waals surface area (Å²) in [5.41, 5.74) is 5.81. The number of nitrogens with zero attached hydrogens (tertiary/aromatic N) is 4. The standard InChI is InChI=1S/C23H28N6O/c1-14-10-18(13-24-12-14)19-7-8-20-22(27-19)29(16(3)6-5-9-25-20)23(30)28-21-11-15(2)17(4)26-21/h7-8,10,12-13,16,25H,5-6,9,11H2,1-4H3,(H,26,28,30)/t16-/m1/s1. The number of amidine groups is 1. The highest BCUT2D eigenvalue weighted by atomic mass is 16.2. The number of aromatic nitrogens is 2. The van der Waals surface area contributed by atoms with Crippen LogP contribution >= 0.6 is 0 Å². The highest BCUT2D eigenvalue weighted by molar-refractivity contribution is 6.07. The first-order chi connectivity index (χ1) is 14.4. The maximum atomic E-state index is 13.3. The van der Waals surface area contributed by atoms with E-state index < -0.39 is 0 Å². The van der Waals surface area contributed by atoms with Gasteiger partial charge in [-0.05, 0) is 69.9 Å². The minimum absolute atomic E-state index is 0.0152. The molecular formula is C23H28N6O. The van der Waals surface area contributed by atoms with Crippen molar-refractivity contribution in [1.82, 2.24) is 15.3 Å². The first-order valence-corrected chi connectivity index (χ1v) is 10.4. The van der Waals surface area contributed by atoms with Gasteiger partial charge in [0.15, 0.2) is 5.82 Å². The Hall–Kier alpha value is -3.22. The van der Waals surface area contributed by atoms with Crippen LogP contribution in [0.15, 0.2) is 46.9 Å². The second-order valence-corrected chi connectivity index (χ2v) is 8.14. The fraction of sp³-hybridized carbons (Fsp3) is 0.391. The van der Waals surface area contributed by atoms with Crippen molar-refractivity contribution in [2.24, 2.45) is 4.99 Å². The minimum Gasteiger partial charge on any atom is -0.382 e. The lowest BCUT2D eigenvalue weighted by Crippen LogP contribution is -2.48. The topological polar surface area (TPSA) is 82.5 Å². The maximum absolute atomic E-state index is 13.3. The highest BCUT2D eigenvalue weighted by Crippen LogP contribution is 2.32. The predicted molar refractivity (Wildman–Crippen MR) is 121 cm³/mol. The van der Waals surface area contributed by atoms with E-state index in [0.29, 0.717) is 18.1 Å². The molecule has 2 aliphatic heterocycles. The molecule has 0 bridgehead atoms. The van der Waals surface area contributed by atoms with Crippen molar-refractivity contribution in [3.63, 3.8) is 0 Å². The lowest BCUT2D eigenvalue weighted by Gasteiger charge is -2.32. The van der Waals surface area contributed by atoms with Crippen LogP contribution in [0.4, 0.5) is 16.3 Å². The molecule has 2 amide bonds. The molecule has 0 fully saturated rings. The quantitative estimate of drug-likeness (QED) is 0.724. The van der Waals surface area contributed by atoms with Gasteiger partial charge in [0.2, 0.25) is 0 Å². The lowest BCUT2D eigenvalue weighted by molar-refractivity contribution is 0.248. The molecule has 156 valence electrons. The molecule has 0 saturated heterocycles. The third-order valence-electron chi connectivity index (χ3n) is 5.65. The monoisotopic (exact) mass is 404 g/mol. The number of carbonyl (C=O) groups excluding carboxylic acids is 1. The molecule has 0 unspecified atom stereocenters. The van der Waals surface area contributed by atoms with Crippen LogP contribution in [-0.2, 0) is 0 Å². The van der Waals surface area contributed by atoms with Crippen molar-refractivity contribution in [3.8, 4) is 11.3 Å². The Kier molecular flexibility index (Phi) is 5.53. The number of hydrogen-bond acceptors (Lipinski definition) is 5. The van der Waals surface area contributed by atoms with Crippen LogP contribution in [0.25, 0.3) is 11.3 Å². The van der Waals surface area contributed by atoms with Crippen molar-refractivity contribution >= 4 is 23.4 Å². The molecule has 2 aromatic rings. The number of anilines is 2. The zero-order valence-corrected chi connectivity index (χ0v) is 18.0. The Morgan fingerprint density at radius 1 is 1.23 bits per heavy atom. The number of urea groups is 1. The molecule has 2 aromatic heterocycles. The Balaban J connectivity index is 1.70. The van der Waals surface area contributed by atoms with Gasteiger partial charge < -0.3 is 5.32 Å². The highest BCUT2D eigenvalue weighted by Gasteiger charge is 2.29. The van der Waals surface area contributed by atoms with E-state index >= 15 is 0 Å². The molecule has 2 aliphatic rings. The molecule has 0 radical (unpaired) electrons. The van der Waals surface area contributed by atoms with Crippen LogP contribution in [0.3, 0.4) is 0 Å². The number of amides is 2. The molecule has 4 rings (SSSR count). The summed E-state index contributed by atoms with van der Waals surface area (Å²) in [6.45, 7) is 8.95. The predicted octanol–water partition coefficient (Wildman–Crippen LogP) is 4.66. The van der Waals surface area contributed by atoms with Gasteiger partial charge in [-0.3, -0.25) is 15.2 Å². The fourth-order valence-electron chi connectivity index (χ4n) is 3.85. The molecule has 0 saturated carbocycles. The Labute approximate surface area is 177 Å². The molecule has 1 atom stereocenters. The summed E-state index contributed by atoms with van der Waals surface area (Å²) in [5.74, 6) is 1.33.